The highest BCUT2D eigenvalue weighted by atomic mass is 35.5. The van der Waals surface area contributed by atoms with Gasteiger partial charge >= 0.3 is 5.97 Å². The summed E-state index contributed by atoms with van der Waals surface area (Å²) in [5.41, 5.74) is 2.28. The second-order valence-electron chi connectivity index (χ2n) is 6.39. The van der Waals surface area contributed by atoms with Gasteiger partial charge in [0.15, 0.2) is 6.61 Å². The van der Waals surface area contributed by atoms with Crippen molar-refractivity contribution in [3.05, 3.63) is 57.3 Å². The number of nitrogens with zero attached hydrogens (tertiary/aromatic N) is 3. The molecule has 0 bridgehead atoms. The van der Waals surface area contributed by atoms with Crippen molar-refractivity contribution < 1.29 is 14.3 Å². The zero-order valence-corrected chi connectivity index (χ0v) is 16.4. The Balaban J connectivity index is 1.40. The Kier molecular flexibility index (Phi) is 5.40. The first-order chi connectivity index (χ1) is 13.6. The van der Waals surface area contributed by atoms with E-state index in [1.165, 1.54) is 39.1 Å². The number of rotatable bonds is 5. The quantitative estimate of drug-likeness (QED) is 0.641. The lowest BCUT2D eigenvalue weighted by Gasteiger charge is -2.11. The summed E-state index contributed by atoms with van der Waals surface area (Å²) in [4.78, 5) is 30.3. The minimum absolute atomic E-state index is 0.384. The zero-order chi connectivity index (χ0) is 19.5. The third kappa shape index (κ3) is 4.07. The summed E-state index contributed by atoms with van der Waals surface area (Å²) in [6, 6.07) is 6.90. The van der Waals surface area contributed by atoms with E-state index in [-0.39, 0.29) is 6.61 Å². The molecule has 1 aliphatic carbocycles. The number of ether oxygens (including phenoxy) is 1. The number of hydrogen-bond acceptors (Lipinski definition) is 6. The number of nitrogens with one attached hydrogen (secondary N) is 1. The van der Waals surface area contributed by atoms with Crippen LogP contribution in [0.25, 0.3) is 5.69 Å². The Hall–Kier alpha value is -2.71. The molecule has 1 N–H and O–H groups in total. The molecular weight excluding hydrogens is 400 g/mol. The van der Waals surface area contributed by atoms with E-state index in [9.17, 15) is 9.59 Å². The van der Waals surface area contributed by atoms with Gasteiger partial charge in [0.2, 0.25) is 0 Å². The number of halogens is 1. The molecule has 1 aliphatic rings. The van der Waals surface area contributed by atoms with Gasteiger partial charge in [-0.2, -0.15) is 5.10 Å². The van der Waals surface area contributed by atoms with Gasteiger partial charge in [0.1, 0.15) is 17.5 Å². The van der Waals surface area contributed by atoms with Crippen molar-refractivity contribution >= 4 is 40.5 Å². The highest BCUT2D eigenvalue weighted by Gasteiger charge is 2.19. The lowest BCUT2D eigenvalue weighted by atomic mass is 9.99. The van der Waals surface area contributed by atoms with Crippen LogP contribution < -0.4 is 5.32 Å². The lowest BCUT2D eigenvalue weighted by Crippen LogP contribution is -2.21. The zero-order valence-electron chi connectivity index (χ0n) is 14.9. The Labute approximate surface area is 170 Å². The number of esters is 1. The van der Waals surface area contributed by atoms with E-state index in [0.29, 0.717) is 21.3 Å². The van der Waals surface area contributed by atoms with Gasteiger partial charge in [-0.3, -0.25) is 4.79 Å². The monoisotopic (exact) mass is 416 g/mol. The number of amides is 1. The third-order valence-electron chi connectivity index (χ3n) is 4.43. The Bertz CT molecular complexity index is 993. The molecule has 3 aromatic rings. The molecule has 7 nitrogen and oxygen atoms in total. The highest BCUT2D eigenvalue weighted by molar-refractivity contribution is 7.14. The molecule has 0 radical (unpaired) electrons. The largest absolute Gasteiger partial charge is 0.451 e. The first kappa shape index (κ1) is 18.6. The molecule has 0 atom stereocenters. The molecule has 0 aliphatic heterocycles. The summed E-state index contributed by atoms with van der Waals surface area (Å²) in [6.45, 7) is -0.384. The number of benzene rings is 1. The van der Waals surface area contributed by atoms with E-state index in [2.05, 4.69) is 15.4 Å². The fourth-order valence-corrected chi connectivity index (χ4v) is 4.44. The van der Waals surface area contributed by atoms with Crippen LogP contribution in [0.1, 0.15) is 33.0 Å². The Morgan fingerprint density at radius 1 is 1.25 bits per heavy atom. The van der Waals surface area contributed by atoms with Crippen molar-refractivity contribution in [1.82, 2.24) is 14.8 Å². The van der Waals surface area contributed by atoms with Gasteiger partial charge in [0.25, 0.3) is 5.91 Å². The smallest absolute Gasteiger partial charge is 0.348 e. The van der Waals surface area contributed by atoms with E-state index in [1.54, 1.807) is 18.2 Å². The van der Waals surface area contributed by atoms with Crippen LogP contribution in [0.3, 0.4) is 0 Å². The number of carbonyl (C=O) groups excluding carboxylic acids is 2. The van der Waals surface area contributed by atoms with Gasteiger partial charge in [-0.1, -0.05) is 11.6 Å². The number of fused-ring (bicyclic) bond motifs is 1. The number of carbonyl (C=O) groups is 2. The number of hydrogen-bond donors (Lipinski definition) is 1. The number of aryl methyl sites for hydroxylation is 2. The second kappa shape index (κ2) is 8.12. The predicted octanol–water partition coefficient (Wildman–Crippen LogP) is 3.66. The molecule has 28 heavy (non-hydrogen) atoms. The SMILES string of the molecule is O=C(COC(=O)c1cc2c(s1)CCCC2)Nc1cc(Cl)ccc1-n1cncn1. The van der Waals surface area contributed by atoms with Gasteiger partial charge in [0.05, 0.1) is 11.4 Å². The summed E-state index contributed by atoms with van der Waals surface area (Å²) >= 11 is 7.50. The topological polar surface area (TPSA) is 86.1 Å². The average molecular weight is 417 g/mol. The van der Waals surface area contributed by atoms with Crippen LogP contribution >= 0.6 is 22.9 Å². The number of thiophene rings is 1. The van der Waals surface area contributed by atoms with Gasteiger partial charge in [-0.05, 0) is 55.5 Å². The fourth-order valence-electron chi connectivity index (χ4n) is 3.12. The van der Waals surface area contributed by atoms with Crippen molar-refractivity contribution in [2.75, 3.05) is 11.9 Å². The molecule has 2 heterocycles. The van der Waals surface area contributed by atoms with Crippen LogP contribution in [-0.4, -0.2) is 33.2 Å². The summed E-state index contributed by atoms with van der Waals surface area (Å²) in [5, 5.41) is 7.23. The van der Waals surface area contributed by atoms with E-state index in [1.807, 2.05) is 6.07 Å². The summed E-state index contributed by atoms with van der Waals surface area (Å²) in [6.07, 6.45) is 7.21. The molecule has 2 aromatic heterocycles. The molecule has 0 spiro atoms. The van der Waals surface area contributed by atoms with Crippen LogP contribution in [-0.2, 0) is 22.4 Å². The molecule has 0 saturated heterocycles. The highest BCUT2D eigenvalue weighted by Crippen LogP contribution is 2.30. The minimum Gasteiger partial charge on any atom is -0.451 e. The second-order valence-corrected chi connectivity index (χ2v) is 7.97. The van der Waals surface area contributed by atoms with Crippen molar-refractivity contribution in [3.8, 4) is 5.69 Å². The molecule has 9 heteroatoms. The van der Waals surface area contributed by atoms with Crippen LogP contribution in [0.15, 0.2) is 36.9 Å². The number of anilines is 1. The van der Waals surface area contributed by atoms with Gasteiger partial charge in [0, 0.05) is 9.90 Å². The van der Waals surface area contributed by atoms with Gasteiger partial charge in [-0.25, -0.2) is 14.5 Å². The van der Waals surface area contributed by atoms with Crippen molar-refractivity contribution in [2.45, 2.75) is 25.7 Å². The third-order valence-corrected chi connectivity index (χ3v) is 5.88. The average Bonchev–Trinajstić information content (AvgIpc) is 3.36. The maximum Gasteiger partial charge on any atom is 0.348 e. The van der Waals surface area contributed by atoms with Crippen molar-refractivity contribution in [2.24, 2.45) is 0 Å². The van der Waals surface area contributed by atoms with Crippen LogP contribution in [0, 0.1) is 0 Å². The molecule has 0 saturated carbocycles. The number of aromatic nitrogens is 3. The molecule has 0 fully saturated rings. The summed E-state index contributed by atoms with van der Waals surface area (Å²) in [7, 11) is 0. The predicted molar refractivity (Wildman–Crippen MR) is 106 cm³/mol. The Morgan fingerprint density at radius 3 is 2.89 bits per heavy atom. The fraction of sp³-hybridized carbons (Fsp3) is 0.263. The van der Waals surface area contributed by atoms with Crippen LogP contribution in [0.2, 0.25) is 5.02 Å². The summed E-state index contributed by atoms with van der Waals surface area (Å²) in [5.74, 6) is -0.935. The summed E-state index contributed by atoms with van der Waals surface area (Å²) < 4.78 is 6.70. The van der Waals surface area contributed by atoms with Crippen LogP contribution in [0.5, 0.6) is 0 Å². The molecule has 0 unspecified atom stereocenters. The Morgan fingerprint density at radius 2 is 2.11 bits per heavy atom. The van der Waals surface area contributed by atoms with E-state index >= 15 is 0 Å². The van der Waals surface area contributed by atoms with E-state index in [4.69, 9.17) is 16.3 Å². The molecule has 4 rings (SSSR count). The lowest BCUT2D eigenvalue weighted by molar-refractivity contribution is -0.119. The van der Waals surface area contributed by atoms with Crippen molar-refractivity contribution in [3.63, 3.8) is 0 Å². The van der Waals surface area contributed by atoms with Gasteiger partial charge < -0.3 is 10.1 Å². The maximum absolute atomic E-state index is 12.3. The van der Waals surface area contributed by atoms with Crippen molar-refractivity contribution in [1.29, 1.82) is 0 Å². The normalized spacial score (nSPS) is 13.0. The van der Waals surface area contributed by atoms with Crippen LogP contribution in [0.4, 0.5) is 5.69 Å². The van der Waals surface area contributed by atoms with Gasteiger partial charge in [-0.15, -0.1) is 11.3 Å². The molecule has 144 valence electrons. The first-order valence-electron chi connectivity index (χ1n) is 8.83. The first-order valence-corrected chi connectivity index (χ1v) is 10.0. The molecule has 1 aromatic carbocycles. The minimum atomic E-state index is -0.475. The standard InChI is InChI=1S/C19H17ClN4O3S/c20-13-5-6-15(24-11-21-10-22-24)14(8-13)23-18(25)9-27-19(26)17-7-12-3-1-2-4-16(12)28-17/h5-8,10-11H,1-4,9H2,(H,23,25). The maximum atomic E-state index is 12.3. The molecular formula is C19H17ClN4O3S. The van der Waals surface area contributed by atoms with E-state index in [0.717, 1.165) is 25.7 Å². The van der Waals surface area contributed by atoms with E-state index < -0.39 is 11.9 Å². The molecule has 1 amide bonds.